The summed E-state index contributed by atoms with van der Waals surface area (Å²) in [6.07, 6.45) is 0. The molecule has 100 valence electrons. The van der Waals surface area contributed by atoms with Crippen LogP contribution < -0.4 is 5.32 Å². The molecule has 0 aromatic heterocycles. The Kier molecular flexibility index (Phi) is 5.20. The predicted molar refractivity (Wildman–Crippen MR) is 75.0 cm³/mol. The molecule has 0 fully saturated rings. The summed E-state index contributed by atoms with van der Waals surface area (Å²) >= 11 is 0. The first-order chi connectivity index (χ1) is 8.43. The summed E-state index contributed by atoms with van der Waals surface area (Å²) in [7, 11) is 0. The van der Waals surface area contributed by atoms with E-state index in [1.165, 1.54) is 5.56 Å². The molecule has 1 aromatic rings. The number of anilines is 1. The zero-order valence-electron chi connectivity index (χ0n) is 11.6. The van der Waals surface area contributed by atoms with Crippen molar-refractivity contribution in [1.29, 1.82) is 0 Å². The van der Waals surface area contributed by atoms with Gasteiger partial charge in [0, 0.05) is 12.2 Å². The van der Waals surface area contributed by atoms with E-state index >= 15 is 0 Å². The highest BCUT2D eigenvalue weighted by molar-refractivity contribution is 5.71. The Morgan fingerprint density at radius 3 is 2.33 bits per heavy atom. The standard InChI is InChI=1S/C15H23NO2/c1-10(2)12-7-5-6-8-14(12)16-9-13(11(3)4)15(17)18/h5-8,10-11,13,16H,9H2,1-4H3,(H,17,18). The summed E-state index contributed by atoms with van der Waals surface area (Å²) in [5.41, 5.74) is 2.27. The molecule has 1 unspecified atom stereocenters. The quantitative estimate of drug-likeness (QED) is 0.810. The highest BCUT2D eigenvalue weighted by atomic mass is 16.4. The first kappa shape index (κ1) is 14.6. The summed E-state index contributed by atoms with van der Waals surface area (Å²) in [6.45, 7) is 8.62. The van der Waals surface area contributed by atoms with Crippen LogP contribution in [0.2, 0.25) is 0 Å². The minimum absolute atomic E-state index is 0.126. The van der Waals surface area contributed by atoms with Crippen molar-refractivity contribution in [1.82, 2.24) is 0 Å². The Hall–Kier alpha value is -1.51. The third-order valence-electron chi connectivity index (χ3n) is 3.22. The predicted octanol–water partition coefficient (Wildman–Crippen LogP) is 3.58. The molecular formula is C15H23NO2. The second-order valence-electron chi connectivity index (χ2n) is 5.31. The van der Waals surface area contributed by atoms with E-state index in [2.05, 4.69) is 25.2 Å². The maximum atomic E-state index is 11.1. The highest BCUT2D eigenvalue weighted by Crippen LogP contribution is 2.24. The second kappa shape index (κ2) is 6.43. The van der Waals surface area contributed by atoms with E-state index in [4.69, 9.17) is 5.11 Å². The third kappa shape index (κ3) is 3.76. The van der Waals surface area contributed by atoms with E-state index < -0.39 is 5.97 Å². The molecule has 0 radical (unpaired) electrons. The first-order valence-corrected chi connectivity index (χ1v) is 6.49. The van der Waals surface area contributed by atoms with Crippen LogP contribution in [0.15, 0.2) is 24.3 Å². The molecule has 0 heterocycles. The lowest BCUT2D eigenvalue weighted by molar-refractivity contribution is -0.142. The fraction of sp³-hybridized carbons (Fsp3) is 0.533. The Balaban J connectivity index is 2.76. The normalized spacial score (nSPS) is 12.8. The second-order valence-corrected chi connectivity index (χ2v) is 5.31. The van der Waals surface area contributed by atoms with E-state index in [1.807, 2.05) is 32.0 Å². The van der Waals surface area contributed by atoms with Crippen molar-refractivity contribution in [3.05, 3.63) is 29.8 Å². The molecule has 0 aliphatic heterocycles. The first-order valence-electron chi connectivity index (χ1n) is 6.49. The average molecular weight is 249 g/mol. The molecule has 1 aromatic carbocycles. The lowest BCUT2D eigenvalue weighted by Gasteiger charge is -2.20. The van der Waals surface area contributed by atoms with E-state index in [-0.39, 0.29) is 11.8 Å². The van der Waals surface area contributed by atoms with Crippen LogP contribution in [0.25, 0.3) is 0 Å². The Morgan fingerprint density at radius 2 is 1.83 bits per heavy atom. The molecule has 0 bridgehead atoms. The van der Waals surface area contributed by atoms with Gasteiger partial charge in [-0.1, -0.05) is 45.9 Å². The highest BCUT2D eigenvalue weighted by Gasteiger charge is 2.21. The molecule has 0 saturated heterocycles. The van der Waals surface area contributed by atoms with Crippen LogP contribution in [0.3, 0.4) is 0 Å². The fourth-order valence-corrected chi connectivity index (χ4v) is 1.99. The molecule has 2 N–H and O–H groups in total. The van der Waals surface area contributed by atoms with Gasteiger partial charge in [0.15, 0.2) is 0 Å². The van der Waals surface area contributed by atoms with Gasteiger partial charge in [-0.15, -0.1) is 0 Å². The number of rotatable bonds is 6. The van der Waals surface area contributed by atoms with Crippen LogP contribution in [-0.4, -0.2) is 17.6 Å². The number of aliphatic carboxylic acids is 1. The van der Waals surface area contributed by atoms with Crippen molar-refractivity contribution in [3.63, 3.8) is 0 Å². The van der Waals surface area contributed by atoms with Gasteiger partial charge in [-0.3, -0.25) is 4.79 Å². The average Bonchev–Trinajstić information content (AvgIpc) is 2.28. The van der Waals surface area contributed by atoms with Crippen molar-refractivity contribution >= 4 is 11.7 Å². The van der Waals surface area contributed by atoms with Gasteiger partial charge in [-0.05, 0) is 23.5 Å². The molecule has 3 nitrogen and oxygen atoms in total. The van der Waals surface area contributed by atoms with Crippen LogP contribution in [0.5, 0.6) is 0 Å². The van der Waals surface area contributed by atoms with Gasteiger partial charge in [0.05, 0.1) is 5.92 Å². The molecule has 0 aliphatic rings. The van der Waals surface area contributed by atoms with Gasteiger partial charge >= 0.3 is 5.97 Å². The van der Waals surface area contributed by atoms with Crippen molar-refractivity contribution in [2.24, 2.45) is 11.8 Å². The molecule has 0 spiro atoms. The third-order valence-corrected chi connectivity index (χ3v) is 3.22. The smallest absolute Gasteiger partial charge is 0.308 e. The number of carboxylic acids is 1. The number of nitrogens with one attached hydrogen (secondary N) is 1. The van der Waals surface area contributed by atoms with Crippen LogP contribution in [0.1, 0.15) is 39.2 Å². The Morgan fingerprint density at radius 1 is 1.22 bits per heavy atom. The van der Waals surface area contributed by atoms with Gasteiger partial charge in [-0.25, -0.2) is 0 Å². The molecule has 1 atom stereocenters. The van der Waals surface area contributed by atoms with Crippen LogP contribution in [-0.2, 0) is 4.79 Å². The monoisotopic (exact) mass is 249 g/mol. The van der Waals surface area contributed by atoms with Crippen molar-refractivity contribution in [3.8, 4) is 0 Å². The van der Waals surface area contributed by atoms with E-state index in [9.17, 15) is 4.79 Å². The summed E-state index contributed by atoms with van der Waals surface area (Å²) < 4.78 is 0. The summed E-state index contributed by atoms with van der Waals surface area (Å²) in [5.74, 6) is -0.540. The van der Waals surface area contributed by atoms with Gasteiger partial charge in [0.1, 0.15) is 0 Å². The number of para-hydroxylation sites is 1. The summed E-state index contributed by atoms with van der Waals surface area (Å²) in [6, 6.07) is 8.07. The number of hydrogen-bond acceptors (Lipinski definition) is 2. The molecule has 18 heavy (non-hydrogen) atoms. The number of carboxylic acid groups (broad SMARTS) is 1. The van der Waals surface area contributed by atoms with Crippen molar-refractivity contribution in [2.45, 2.75) is 33.6 Å². The minimum atomic E-state index is -0.737. The van der Waals surface area contributed by atoms with E-state index in [0.29, 0.717) is 12.5 Å². The lowest BCUT2D eigenvalue weighted by Crippen LogP contribution is -2.27. The molecule has 0 amide bonds. The van der Waals surface area contributed by atoms with Crippen LogP contribution in [0, 0.1) is 11.8 Å². The van der Waals surface area contributed by atoms with E-state index in [1.54, 1.807) is 0 Å². The molecular weight excluding hydrogens is 226 g/mol. The van der Waals surface area contributed by atoms with Gasteiger partial charge in [0.2, 0.25) is 0 Å². The fourth-order valence-electron chi connectivity index (χ4n) is 1.99. The van der Waals surface area contributed by atoms with E-state index in [0.717, 1.165) is 5.69 Å². The topological polar surface area (TPSA) is 49.3 Å². The maximum Gasteiger partial charge on any atom is 0.308 e. The maximum absolute atomic E-state index is 11.1. The number of carbonyl (C=O) groups is 1. The van der Waals surface area contributed by atoms with Gasteiger partial charge < -0.3 is 10.4 Å². The molecule has 3 heteroatoms. The number of hydrogen-bond donors (Lipinski definition) is 2. The zero-order chi connectivity index (χ0) is 13.7. The summed E-state index contributed by atoms with van der Waals surface area (Å²) in [4.78, 5) is 11.1. The van der Waals surface area contributed by atoms with Gasteiger partial charge in [-0.2, -0.15) is 0 Å². The van der Waals surface area contributed by atoms with Crippen molar-refractivity contribution < 1.29 is 9.90 Å². The SMILES string of the molecule is CC(C)c1ccccc1NCC(C(=O)O)C(C)C. The molecule has 0 aliphatic carbocycles. The lowest BCUT2D eigenvalue weighted by atomic mass is 9.95. The number of benzene rings is 1. The Labute approximate surface area is 109 Å². The Bertz CT molecular complexity index is 399. The van der Waals surface area contributed by atoms with Crippen molar-refractivity contribution in [2.75, 3.05) is 11.9 Å². The zero-order valence-corrected chi connectivity index (χ0v) is 11.6. The van der Waals surface area contributed by atoms with Crippen LogP contribution in [0.4, 0.5) is 5.69 Å². The van der Waals surface area contributed by atoms with Crippen LogP contribution >= 0.6 is 0 Å². The molecule has 0 saturated carbocycles. The van der Waals surface area contributed by atoms with Gasteiger partial charge in [0.25, 0.3) is 0 Å². The minimum Gasteiger partial charge on any atom is -0.481 e. The largest absolute Gasteiger partial charge is 0.481 e. The molecule has 1 rings (SSSR count). The summed E-state index contributed by atoms with van der Waals surface area (Å²) in [5, 5.41) is 12.4.